The van der Waals surface area contributed by atoms with Gasteiger partial charge in [0.05, 0.1) is 11.4 Å². The van der Waals surface area contributed by atoms with Crippen molar-refractivity contribution in [3.8, 4) is 23.0 Å². The molecule has 3 aromatic carbocycles. The van der Waals surface area contributed by atoms with E-state index < -0.39 is 0 Å². The lowest BCUT2D eigenvalue weighted by atomic mass is 10.1. The maximum Gasteiger partial charge on any atom is 0.156 e. The molecule has 106 valence electrons. The van der Waals surface area contributed by atoms with Gasteiger partial charge in [0.25, 0.3) is 0 Å². The smallest absolute Gasteiger partial charge is 0.156 e. The Bertz CT molecular complexity index is 852. The van der Waals surface area contributed by atoms with E-state index >= 15 is 0 Å². The van der Waals surface area contributed by atoms with Crippen molar-refractivity contribution in [1.82, 2.24) is 0 Å². The predicted molar refractivity (Wildman–Crippen MR) is 94.0 cm³/mol. The largest absolute Gasteiger partial charge is 0.453 e. The molecule has 0 fully saturated rings. The zero-order valence-corrected chi connectivity index (χ0v) is 13.6. The summed E-state index contributed by atoms with van der Waals surface area (Å²) in [5.74, 6) is 3.38. The Morgan fingerprint density at radius 2 is 1.18 bits per heavy atom. The summed E-state index contributed by atoms with van der Waals surface area (Å²) in [5, 5.41) is 0. The highest BCUT2D eigenvalue weighted by atomic mass is 127. The highest BCUT2D eigenvalue weighted by molar-refractivity contribution is 14.1. The zero-order chi connectivity index (χ0) is 14.7. The lowest BCUT2D eigenvalue weighted by molar-refractivity contribution is 0.445. The SMILES string of the molecule is Ic1cc2c3c(c1)Oc1ccccc1N3c1ccccc1O2. The van der Waals surface area contributed by atoms with Crippen molar-refractivity contribution in [2.24, 2.45) is 0 Å². The number of para-hydroxylation sites is 4. The topological polar surface area (TPSA) is 21.7 Å². The summed E-state index contributed by atoms with van der Waals surface area (Å²) in [6.45, 7) is 0. The molecular formula is C18H10INO2. The van der Waals surface area contributed by atoms with Gasteiger partial charge in [0.2, 0.25) is 0 Å². The van der Waals surface area contributed by atoms with Gasteiger partial charge in [-0.25, -0.2) is 0 Å². The Morgan fingerprint density at radius 1 is 0.682 bits per heavy atom. The molecule has 4 heteroatoms. The van der Waals surface area contributed by atoms with E-state index in [-0.39, 0.29) is 0 Å². The summed E-state index contributed by atoms with van der Waals surface area (Å²) >= 11 is 2.29. The Hall–Kier alpha value is -2.21. The third-order valence-electron chi connectivity index (χ3n) is 3.88. The lowest BCUT2D eigenvalue weighted by Gasteiger charge is -2.37. The quantitative estimate of drug-likeness (QED) is 0.300. The van der Waals surface area contributed by atoms with Crippen LogP contribution in [0, 0.1) is 3.57 Å². The number of hydrogen-bond acceptors (Lipinski definition) is 3. The fraction of sp³-hybridized carbons (Fsp3) is 0. The second-order valence-corrected chi connectivity index (χ2v) is 6.47. The molecule has 2 heterocycles. The standard InChI is InChI=1S/C18H10INO2/c19-11-9-16-18-17(10-11)22-15-8-4-2-6-13(15)20(18)12-5-1-3-7-14(12)21-16/h1-10H. The van der Waals surface area contributed by atoms with Crippen LogP contribution in [0.3, 0.4) is 0 Å². The van der Waals surface area contributed by atoms with Gasteiger partial charge in [-0.15, -0.1) is 0 Å². The molecular weight excluding hydrogens is 389 g/mol. The van der Waals surface area contributed by atoms with Crippen LogP contribution >= 0.6 is 22.6 Å². The minimum Gasteiger partial charge on any atom is -0.453 e. The van der Waals surface area contributed by atoms with Gasteiger partial charge in [0.15, 0.2) is 23.0 Å². The van der Waals surface area contributed by atoms with Crippen LogP contribution in [0.5, 0.6) is 23.0 Å². The average Bonchev–Trinajstić information content (AvgIpc) is 2.54. The first-order valence-corrected chi connectivity index (χ1v) is 8.06. The van der Waals surface area contributed by atoms with Crippen molar-refractivity contribution in [1.29, 1.82) is 0 Å². The van der Waals surface area contributed by atoms with Crippen LogP contribution in [0.2, 0.25) is 0 Å². The highest BCUT2D eigenvalue weighted by Crippen LogP contribution is 2.59. The number of rotatable bonds is 0. The van der Waals surface area contributed by atoms with Crippen molar-refractivity contribution in [3.05, 3.63) is 64.2 Å². The van der Waals surface area contributed by atoms with Crippen LogP contribution in [0.25, 0.3) is 0 Å². The molecule has 0 atom stereocenters. The zero-order valence-electron chi connectivity index (χ0n) is 11.4. The number of nitrogens with zero attached hydrogens (tertiary/aromatic N) is 1. The van der Waals surface area contributed by atoms with Gasteiger partial charge in [-0.2, -0.15) is 0 Å². The summed E-state index contributed by atoms with van der Waals surface area (Å²) in [4.78, 5) is 2.22. The van der Waals surface area contributed by atoms with E-state index in [4.69, 9.17) is 9.47 Å². The number of ether oxygens (including phenoxy) is 2. The third kappa shape index (κ3) is 1.61. The normalized spacial score (nSPS) is 13.4. The van der Waals surface area contributed by atoms with Crippen molar-refractivity contribution < 1.29 is 9.47 Å². The highest BCUT2D eigenvalue weighted by Gasteiger charge is 2.34. The molecule has 0 radical (unpaired) electrons. The van der Waals surface area contributed by atoms with Crippen LogP contribution in [-0.4, -0.2) is 0 Å². The van der Waals surface area contributed by atoms with Crippen molar-refractivity contribution in [2.45, 2.75) is 0 Å². The molecule has 0 unspecified atom stereocenters. The van der Waals surface area contributed by atoms with Gasteiger partial charge in [0.1, 0.15) is 5.69 Å². The van der Waals surface area contributed by atoms with E-state index in [0.717, 1.165) is 43.6 Å². The number of fused-ring (bicyclic) bond motifs is 4. The number of hydrogen-bond donors (Lipinski definition) is 0. The second-order valence-electron chi connectivity index (χ2n) is 5.23. The van der Waals surface area contributed by atoms with E-state index in [1.807, 2.05) is 48.5 Å². The molecule has 0 aromatic heterocycles. The molecule has 0 spiro atoms. The summed E-state index contributed by atoms with van der Waals surface area (Å²) < 4.78 is 13.3. The van der Waals surface area contributed by atoms with E-state index in [2.05, 4.69) is 39.6 Å². The summed E-state index contributed by atoms with van der Waals surface area (Å²) in [5.41, 5.74) is 3.04. The molecule has 0 N–H and O–H groups in total. The predicted octanol–water partition coefficient (Wildman–Crippen LogP) is 5.97. The number of benzene rings is 3. The van der Waals surface area contributed by atoms with Crippen LogP contribution in [-0.2, 0) is 0 Å². The van der Waals surface area contributed by atoms with Crippen molar-refractivity contribution in [3.63, 3.8) is 0 Å². The molecule has 2 aliphatic heterocycles. The Morgan fingerprint density at radius 3 is 1.73 bits per heavy atom. The Kier molecular flexibility index (Phi) is 2.47. The van der Waals surface area contributed by atoms with E-state index in [0.29, 0.717) is 0 Å². The molecule has 3 nitrogen and oxygen atoms in total. The molecule has 0 saturated carbocycles. The first-order valence-electron chi connectivity index (χ1n) is 6.99. The van der Waals surface area contributed by atoms with Crippen LogP contribution in [0.4, 0.5) is 17.1 Å². The van der Waals surface area contributed by atoms with Crippen molar-refractivity contribution in [2.75, 3.05) is 4.90 Å². The van der Waals surface area contributed by atoms with E-state index in [1.54, 1.807) is 0 Å². The van der Waals surface area contributed by atoms with Crippen molar-refractivity contribution >= 4 is 39.7 Å². The Labute approximate surface area is 141 Å². The first-order chi connectivity index (χ1) is 10.8. The maximum absolute atomic E-state index is 6.09. The van der Waals surface area contributed by atoms with Crippen LogP contribution in [0.1, 0.15) is 0 Å². The fourth-order valence-electron chi connectivity index (χ4n) is 2.99. The van der Waals surface area contributed by atoms with Gasteiger partial charge >= 0.3 is 0 Å². The molecule has 22 heavy (non-hydrogen) atoms. The maximum atomic E-state index is 6.09. The minimum atomic E-state index is 0.829. The summed E-state index contributed by atoms with van der Waals surface area (Å²) in [7, 11) is 0. The van der Waals surface area contributed by atoms with Gasteiger partial charge < -0.3 is 9.47 Å². The van der Waals surface area contributed by atoms with Crippen LogP contribution < -0.4 is 14.4 Å². The minimum absolute atomic E-state index is 0.829. The molecule has 0 saturated heterocycles. The molecule has 5 rings (SSSR count). The average molecular weight is 399 g/mol. The van der Waals surface area contributed by atoms with Gasteiger partial charge in [-0.3, -0.25) is 4.90 Å². The van der Waals surface area contributed by atoms with Gasteiger partial charge in [-0.05, 0) is 59.0 Å². The molecule has 0 bridgehead atoms. The molecule has 2 aliphatic rings. The lowest BCUT2D eigenvalue weighted by Crippen LogP contribution is -2.20. The fourth-order valence-corrected chi connectivity index (χ4v) is 3.56. The van der Waals surface area contributed by atoms with E-state index in [9.17, 15) is 0 Å². The third-order valence-corrected chi connectivity index (χ3v) is 4.50. The van der Waals surface area contributed by atoms with E-state index in [1.165, 1.54) is 0 Å². The number of anilines is 3. The second kappa shape index (κ2) is 4.39. The molecule has 0 aliphatic carbocycles. The molecule has 3 aromatic rings. The van der Waals surface area contributed by atoms with Gasteiger partial charge in [-0.1, -0.05) is 24.3 Å². The van der Waals surface area contributed by atoms with Crippen LogP contribution in [0.15, 0.2) is 60.7 Å². The summed E-state index contributed by atoms with van der Waals surface area (Å²) in [6.07, 6.45) is 0. The Balaban J connectivity index is 1.88. The summed E-state index contributed by atoms with van der Waals surface area (Å²) in [6, 6.07) is 20.3. The monoisotopic (exact) mass is 399 g/mol. The van der Waals surface area contributed by atoms with Gasteiger partial charge in [0, 0.05) is 3.57 Å². The number of halogens is 1. The first kappa shape index (κ1) is 12.3. The molecule has 0 amide bonds.